The molecule has 0 aliphatic heterocycles. The van der Waals surface area contributed by atoms with Gasteiger partial charge >= 0.3 is 0 Å². The van der Waals surface area contributed by atoms with E-state index in [9.17, 15) is 4.79 Å². The molecule has 0 bridgehead atoms. The van der Waals surface area contributed by atoms with Crippen LogP contribution in [-0.4, -0.2) is 29.6 Å². The Morgan fingerprint density at radius 3 is 2.41 bits per heavy atom. The van der Waals surface area contributed by atoms with Crippen LogP contribution in [-0.2, 0) is 4.79 Å². The molecule has 0 rings (SSSR count). The van der Waals surface area contributed by atoms with Gasteiger partial charge in [0.15, 0.2) is 0 Å². The number of carbonyl (C=O) groups excluding carboxylic acids is 1. The van der Waals surface area contributed by atoms with Crippen LogP contribution >= 0.6 is 0 Å². The van der Waals surface area contributed by atoms with E-state index in [4.69, 9.17) is 0 Å². The highest BCUT2D eigenvalue weighted by molar-refractivity contribution is 5.85. The number of hydrogen-bond donors (Lipinski definition) is 1. The number of hydrogen-bond acceptors (Lipinski definition) is 3. The van der Waals surface area contributed by atoms with Gasteiger partial charge in [-0.15, -0.1) is 0 Å². The normalized spacial score (nSPS) is 11.2. The predicted molar refractivity (Wildman–Crippen MR) is 72.8 cm³/mol. The largest absolute Gasteiger partial charge is 0.370 e. The summed E-state index contributed by atoms with van der Waals surface area (Å²) in [5.41, 5.74) is 4.50. The minimum atomic E-state index is -0.140. The second-order valence-corrected chi connectivity index (χ2v) is 4.25. The number of allylic oxidation sites excluding steroid dienone is 1. The van der Waals surface area contributed by atoms with Crippen molar-refractivity contribution in [1.29, 1.82) is 0 Å². The summed E-state index contributed by atoms with van der Waals surface area (Å²) < 4.78 is 0. The van der Waals surface area contributed by atoms with Gasteiger partial charge in [0.1, 0.15) is 0 Å². The van der Waals surface area contributed by atoms with Crippen LogP contribution in [0, 0.1) is 0 Å². The average molecular weight is 239 g/mol. The summed E-state index contributed by atoms with van der Waals surface area (Å²) in [5.74, 6) is -0.140. The van der Waals surface area contributed by atoms with E-state index in [-0.39, 0.29) is 5.91 Å². The Labute approximate surface area is 105 Å². The van der Waals surface area contributed by atoms with Crippen molar-refractivity contribution in [3.8, 4) is 0 Å². The molecule has 1 amide bonds. The molecule has 0 heterocycles. The Bertz CT molecular complexity index is 284. The van der Waals surface area contributed by atoms with Crippen LogP contribution in [0.25, 0.3) is 0 Å². The highest BCUT2D eigenvalue weighted by Gasteiger charge is 2.07. The quantitative estimate of drug-likeness (QED) is 0.522. The first-order chi connectivity index (χ1) is 8.01. The van der Waals surface area contributed by atoms with Crippen LogP contribution in [0.3, 0.4) is 0 Å². The molecule has 98 valence electrons. The minimum absolute atomic E-state index is 0.140. The number of hydrazone groups is 1. The summed E-state index contributed by atoms with van der Waals surface area (Å²) in [4.78, 5) is 13.0. The lowest BCUT2D eigenvalue weighted by Gasteiger charge is -2.26. The van der Waals surface area contributed by atoms with Gasteiger partial charge in [-0.3, -0.25) is 4.79 Å². The van der Waals surface area contributed by atoms with Crippen LogP contribution in [0.5, 0.6) is 0 Å². The van der Waals surface area contributed by atoms with Crippen molar-refractivity contribution in [2.75, 3.05) is 13.1 Å². The van der Waals surface area contributed by atoms with Crippen molar-refractivity contribution in [3.05, 3.63) is 12.3 Å². The maximum atomic E-state index is 10.7. The molecular formula is C13H25N3O. The Morgan fingerprint density at radius 2 is 1.94 bits per heavy atom. The smallest absolute Gasteiger partial charge is 0.236 e. The van der Waals surface area contributed by atoms with E-state index in [1.807, 2.05) is 6.92 Å². The Balaban J connectivity index is 4.37. The molecule has 1 N–H and O–H groups in total. The summed E-state index contributed by atoms with van der Waals surface area (Å²) in [6.07, 6.45) is 3.19. The maximum Gasteiger partial charge on any atom is 0.236 e. The zero-order chi connectivity index (χ0) is 13.3. The van der Waals surface area contributed by atoms with Crippen LogP contribution < -0.4 is 5.43 Å². The van der Waals surface area contributed by atoms with Gasteiger partial charge in [0.25, 0.3) is 0 Å². The van der Waals surface area contributed by atoms with Crippen molar-refractivity contribution in [1.82, 2.24) is 10.3 Å². The van der Waals surface area contributed by atoms with E-state index in [0.717, 1.165) is 43.8 Å². The zero-order valence-corrected chi connectivity index (χ0v) is 11.5. The highest BCUT2D eigenvalue weighted by atomic mass is 16.2. The van der Waals surface area contributed by atoms with Crippen LogP contribution in [0.1, 0.15) is 47.0 Å². The number of carbonyl (C=O) groups is 1. The van der Waals surface area contributed by atoms with Crippen molar-refractivity contribution in [2.45, 2.75) is 47.0 Å². The number of nitrogens with one attached hydrogen (secondary N) is 1. The SMILES string of the molecule is C=C(CCC)N(CCC)C/C(C)=N/NC(C)=O. The summed E-state index contributed by atoms with van der Waals surface area (Å²) in [7, 11) is 0. The Kier molecular flexibility index (Phi) is 8.11. The molecule has 4 heteroatoms. The second kappa shape index (κ2) is 8.79. The van der Waals surface area contributed by atoms with E-state index in [0.29, 0.717) is 0 Å². The Morgan fingerprint density at radius 1 is 1.29 bits per heavy atom. The molecule has 0 spiro atoms. The van der Waals surface area contributed by atoms with E-state index in [1.54, 1.807) is 0 Å². The van der Waals surface area contributed by atoms with Gasteiger partial charge in [0.05, 0.1) is 12.3 Å². The van der Waals surface area contributed by atoms with Crippen molar-refractivity contribution < 1.29 is 4.79 Å². The zero-order valence-electron chi connectivity index (χ0n) is 11.5. The maximum absolute atomic E-state index is 10.7. The molecule has 0 saturated carbocycles. The van der Waals surface area contributed by atoms with E-state index < -0.39 is 0 Å². The van der Waals surface area contributed by atoms with E-state index in [1.165, 1.54) is 6.92 Å². The molecule has 0 aromatic carbocycles. The molecule has 0 saturated heterocycles. The van der Waals surface area contributed by atoms with Crippen molar-refractivity contribution in [3.63, 3.8) is 0 Å². The molecule has 4 nitrogen and oxygen atoms in total. The predicted octanol–water partition coefficient (Wildman–Crippen LogP) is 2.52. The minimum Gasteiger partial charge on any atom is -0.370 e. The van der Waals surface area contributed by atoms with Crippen LogP contribution in [0.15, 0.2) is 17.4 Å². The fourth-order valence-corrected chi connectivity index (χ4v) is 1.55. The lowest BCUT2D eigenvalue weighted by molar-refractivity contribution is -0.118. The van der Waals surface area contributed by atoms with Gasteiger partial charge < -0.3 is 4.90 Å². The molecule has 0 fully saturated rings. The molecule has 0 aromatic heterocycles. The molecule has 0 radical (unpaired) electrons. The first-order valence-corrected chi connectivity index (χ1v) is 6.23. The fraction of sp³-hybridized carbons (Fsp3) is 0.692. The molecule has 0 aliphatic rings. The molecule has 0 aromatic rings. The Hall–Kier alpha value is -1.32. The number of nitrogens with zero attached hydrogens (tertiary/aromatic N) is 2. The number of amides is 1. The molecule has 0 aliphatic carbocycles. The summed E-state index contributed by atoms with van der Waals surface area (Å²) in [6, 6.07) is 0. The van der Waals surface area contributed by atoms with Gasteiger partial charge in [-0.25, -0.2) is 5.43 Å². The third-order valence-corrected chi connectivity index (χ3v) is 2.30. The number of rotatable bonds is 8. The first-order valence-electron chi connectivity index (χ1n) is 6.23. The van der Waals surface area contributed by atoms with Crippen LogP contribution in [0.4, 0.5) is 0 Å². The molecular weight excluding hydrogens is 214 g/mol. The lowest BCUT2D eigenvalue weighted by atomic mass is 10.2. The second-order valence-electron chi connectivity index (χ2n) is 4.25. The van der Waals surface area contributed by atoms with Crippen molar-refractivity contribution >= 4 is 11.6 Å². The monoisotopic (exact) mass is 239 g/mol. The average Bonchev–Trinajstić information content (AvgIpc) is 2.26. The summed E-state index contributed by atoms with van der Waals surface area (Å²) in [6.45, 7) is 13.5. The van der Waals surface area contributed by atoms with Gasteiger partial charge in [-0.2, -0.15) is 5.10 Å². The van der Waals surface area contributed by atoms with Gasteiger partial charge in [0, 0.05) is 19.2 Å². The summed E-state index contributed by atoms with van der Waals surface area (Å²) in [5, 5.41) is 4.02. The molecule has 0 unspecified atom stereocenters. The molecule has 17 heavy (non-hydrogen) atoms. The van der Waals surface area contributed by atoms with E-state index >= 15 is 0 Å². The van der Waals surface area contributed by atoms with Gasteiger partial charge in [-0.05, 0) is 19.8 Å². The standard InChI is InChI=1S/C13H25N3O/c1-6-8-12(4)16(9-7-2)10-11(3)14-15-13(5)17/h4,6-10H2,1-3,5H3,(H,15,17)/b14-11+. The topological polar surface area (TPSA) is 44.7 Å². The summed E-state index contributed by atoms with van der Waals surface area (Å²) >= 11 is 0. The lowest BCUT2D eigenvalue weighted by Crippen LogP contribution is -2.30. The van der Waals surface area contributed by atoms with Gasteiger partial charge in [0.2, 0.25) is 5.91 Å². The van der Waals surface area contributed by atoms with Gasteiger partial charge in [-0.1, -0.05) is 26.8 Å². The van der Waals surface area contributed by atoms with Crippen molar-refractivity contribution in [2.24, 2.45) is 5.10 Å². The van der Waals surface area contributed by atoms with Crippen LogP contribution in [0.2, 0.25) is 0 Å². The third kappa shape index (κ3) is 7.55. The molecule has 0 atom stereocenters. The first kappa shape index (κ1) is 15.7. The fourth-order valence-electron chi connectivity index (χ4n) is 1.55. The van der Waals surface area contributed by atoms with E-state index in [2.05, 4.69) is 35.9 Å². The third-order valence-electron chi connectivity index (χ3n) is 2.30. The highest BCUT2D eigenvalue weighted by Crippen LogP contribution is 2.09.